The maximum Gasteiger partial charge on any atom is 0.269 e. The zero-order valence-corrected chi connectivity index (χ0v) is 28.9. The number of methoxy groups -OCH3 is 1. The minimum Gasteiger partial charge on any atom is -0.375 e. The molecule has 16 heteroatoms. The van der Waals surface area contributed by atoms with Gasteiger partial charge >= 0.3 is 0 Å². The zero-order chi connectivity index (χ0) is 36.1. The fourth-order valence-corrected chi connectivity index (χ4v) is 6.70. The third kappa shape index (κ3) is 8.24. The van der Waals surface area contributed by atoms with E-state index in [1.54, 1.807) is 41.9 Å². The minimum atomic E-state index is -1.70. The Bertz CT molecular complexity index is 1710. The predicted molar refractivity (Wildman–Crippen MR) is 178 cm³/mol. The van der Waals surface area contributed by atoms with Crippen LogP contribution in [0.15, 0.2) is 42.1 Å². The first-order chi connectivity index (χ1) is 23.9. The SMILES string of the molecule is COCC(=O)N[C@@H](C(=O)N1CCN(C)[C@H](C)C1)[C@@H](C)c1ccc(NC(=O)C(c2nc(-c3ccnn3C)n[nH]2)C2CCC(=C(F)F)CC2)c(F)c1. The largest absolute Gasteiger partial charge is 0.375 e. The van der Waals surface area contributed by atoms with Crippen molar-refractivity contribution >= 4 is 23.4 Å². The highest BCUT2D eigenvalue weighted by molar-refractivity contribution is 5.96. The number of nitrogens with one attached hydrogen (secondary N) is 3. The molecule has 3 heterocycles. The number of aromatic amines is 1. The second-order valence-electron chi connectivity index (χ2n) is 13.2. The number of likely N-dealkylation sites (N-methyl/N-ethyl adjacent to an activating group) is 1. The van der Waals surface area contributed by atoms with Gasteiger partial charge < -0.3 is 25.2 Å². The number of benzene rings is 1. The number of H-pyrrole nitrogens is 1. The molecule has 3 amide bonds. The number of anilines is 1. The van der Waals surface area contributed by atoms with Crippen LogP contribution in [0.3, 0.4) is 0 Å². The maximum absolute atomic E-state index is 15.8. The lowest BCUT2D eigenvalue weighted by molar-refractivity contribution is -0.140. The number of piperazine rings is 1. The second kappa shape index (κ2) is 16.0. The summed E-state index contributed by atoms with van der Waals surface area (Å²) < 4.78 is 49.0. The van der Waals surface area contributed by atoms with Gasteiger partial charge in [0.25, 0.3) is 6.08 Å². The van der Waals surface area contributed by atoms with E-state index in [1.807, 2.05) is 14.0 Å². The minimum absolute atomic E-state index is 0.0710. The Morgan fingerprint density at radius 2 is 1.86 bits per heavy atom. The van der Waals surface area contributed by atoms with Gasteiger partial charge in [-0.2, -0.15) is 19.0 Å². The monoisotopic (exact) mass is 699 g/mol. The van der Waals surface area contributed by atoms with Gasteiger partial charge in [-0.25, -0.2) is 9.37 Å². The van der Waals surface area contributed by atoms with E-state index in [4.69, 9.17) is 4.74 Å². The number of ether oxygens (including phenoxy) is 1. The molecule has 0 radical (unpaired) electrons. The molecule has 1 aliphatic carbocycles. The fourth-order valence-electron chi connectivity index (χ4n) is 6.70. The van der Waals surface area contributed by atoms with Crippen LogP contribution in [0, 0.1) is 11.7 Å². The van der Waals surface area contributed by atoms with E-state index in [2.05, 4.69) is 35.8 Å². The molecule has 2 fully saturated rings. The molecule has 3 N–H and O–H groups in total. The number of carbonyl (C=O) groups excluding carboxylic acids is 3. The first kappa shape index (κ1) is 36.7. The Morgan fingerprint density at radius 1 is 1.12 bits per heavy atom. The molecule has 2 aromatic heterocycles. The van der Waals surface area contributed by atoms with Gasteiger partial charge in [-0.1, -0.05) is 13.0 Å². The molecule has 1 saturated heterocycles. The first-order valence-electron chi connectivity index (χ1n) is 16.7. The number of rotatable bonds is 11. The van der Waals surface area contributed by atoms with Crippen molar-refractivity contribution in [3.63, 3.8) is 0 Å². The van der Waals surface area contributed by atoms with Gasteiger partial charge in [0.05, 0.1) is 5.69 Å². The number of allylic oxidation sites excluding steroid dienone is 1. The molecule has 4 atom stereocenters. The van der Waals surface area contributed by atoms with E-state index in [1.165, 1.54) is 19.2 Å². The van der Waals surface area contributed by atoms with Crippen molar-refractivity contribution in [2.45, 2.75) is 63.5 Å². The van der Waals surface area contributed by atoms with Crippen LogP contribution in [0.5, 0.6) is 0 Å². The van der Waals surface area contributed by atoms with Crippen LogP contribution in [0.4, 0.5) is 18.9 Å². The average Bonchev–Trinajstić information content (AvgIpc) is 3.74. The summed E-state index contributed by atoms with van der Waals surface area (Å²) in [5, 5.41) is 16.7. The summed E-state index contributed by atoms with van der Waals surface area (Å²) >= 11 is 0. The normalized spacial score (nSPS) is 20.2. The van der Waals surface area contributed by atoms with Crippen LogP contribution in [0.2, 0.25) is 0 Å². The third-order valence-electron chi connectivity index (χ3n) is 9.91. The van der Waals surface area contributed by atoms with Gasteiger partial charge in [0.15, 0.2) is 5.82 Å². The Balaban J connectivity index is 1.37. The number of nitrogens with zero attached hydrogens (tertiary/aromatic N) is 6. The molecule has 13 nitrogen and oxygen atoms in total. The van der Waals surface area contributed by atoms with Crippen LogP contribution >= 0.6 is 0 Å². The van der Waals surface area contributed by atoms with Gasteiger partial charge in [-0.3, -0.25) is 24.2 Å². The van der Waals surface area contributed by atoms with Gasteiger partial charge in [0.2, 0.25) is 17.7 Å². The lowest BCUT2D eigenvalue weighted by atomic mass is 9.77. The summed E-state index contributed by atoms with van der Waals surface area (Å²) in [6.45, 7) is 5.14. The number of aryl methyl sites for hydroxylation is 1. The average molecular weight is 700 g/mol. The topological polar surface area (TPSA) is 150 Å². The van der Waals surface area contributed by atoms with Crippen LogP contribution in [0.1, 0.15) is 62.8 Å². The Morgan fingerprint density at radius 3 is 2.48 bits per heavy atom. The van der Waals surface area contributed by atoms with Gasteiger partial charge in [-0.15, -0.1) is 0 Å². The lowest BCUT2D eigenvalue weighted by Gasteiger charge is -2.40. The number of hydrogen-bond donors (Lipinski definition) is 3. The summed E-state index contributed by atoms with van der Waals surface area (Å²) in [7, 11) is 5.09. The molecule has 0 bridgehead atoms. The van der Waals surface area contributed by atoms with Crippen LogP contribution in [0.25, 0.3) is 11.5 Å². The standard InChI is InChI=1S/C34H44F3N9O4/c1-19-17-46(15-14-44(19)3)34(49)29(40-27(47)18-50-5)20(2)23-10-11-25(24(35)16-23)39-33(48)28(21-6-8-22(9-7-21)30(36)37)32-41-31(42-43-32)26-12-13-38-45(26)4/h10-13,16,19-21,28-29H,6-9,14-15,17-18H2,1-5H3,(H,39,48)(H,40,47)(H,41,42,43)/t19-,20+,28?,29-/m1/s1. The molecule has 1 unspecified atom stereocenters. The van der Waals surface area contributed by atoms with E-state index in [0.717, 1.165) is 0 Å². The lowest BCUT2D eigenvalue weighted by Crippen LogP contribution is -2.58. The maximum atomic E-state index is 15.8. The molecule has 1 aliphatic heterocycles. The van der Waals surface area contributed by atoms with E-state index < -0.39 is 41.6 Å². The molecular formula is C34H44F3N9O4. The third-order valence-corrected chi connectivity index (χ3v) is 9.91. The van der Waals surface area contributed by atoms with E-state index in [0.29, 0.717) is 49.6 Å². The number of halogens is 3. The Labute approximate surface area is 288 Å². The Hall–Kier alpha value is -4.57. The van der Waals surface area contributed by atoms with E-state index in [-0.39, 0.29) is 54.4 Å². The Kier molecular flexibility index (Phi) is 11.7. The van der Waals surface area contributed by atoms with Crippen molar-refractivity contribution in [1.82, 2.24) is 40.1 Å². The van der Waals surface area contributed by atoms with Crippen molar-refractivity contribution < 1.29 is 32.3 Å². The molecule has 1 saturated carbocycles. The van der Waals surface area contributed by atoms with Crippen LogP contribution < -0.4 is 10.6 Å². The molecule has 5 rings (SSSR count). The highest BCUT2D eigenvalue weighted by Crippen LogP contribution is 2.40. The summed E-state index contributed by atoms with van der Waals surface area (Å²) in [5.41, 5.74) is 1.01. The highest BCUT2D eigenvalue weighted by atomic mass is 19.3. The summed E-state index contributed by atoms with van der Waals surface area (Å²) in [6.07, 6.45) is 0.771. The van der Waals surface area contributed by atoms with Crippen LogP contribution in [-0.4, -0.2) is 105 Å². The van der Waals surface area contributed by atoms with E-state index >= 15 is 4.39 Å². The summed E-state index contributed by atoms with van der Waals surface area (Å²) in [5.74, 6) is -3.47. The van der Waals surface area contributed by atoms with Crippen molar-refractivity contribution in [2.75, 3.05) is 45.7 Å². The zero-order valence-electron chi connectivity index (χ0n) is 28.9. The molecule has 2 aliphatic rings. The number of hydrogen-bond acceptors (Lipinski definition) is 8. The predicted octanol–water partition coefficient (Wildman–Crippen LogP) is 3.80. The molecule has 3 aromatic rings. The molecule has 270 valence electrons. The fraction of sp³-hybridized carbons (Fsp3) is 0.529. The van der Waals surface area contributed by atoms with E-state index in [9.17, 15) is 23.2 Å². The smallest absolute Gasteiger partial charge is 0.269 e. The van der Waals surface area contributed by atoms with Gasteiger partial charge in [0.1, 0.15) is 35.9 Å². The van der Waals surface area contributed by atoms with Crippen molar-refractivity contribution in [3.05, 3.63) is 59.3 Å². The highest BCUT2D eigenvalue weighted by Gasteiger charge is 2.37. The number of amides is 3. The van der Waals surface area contributed by atoms with Crippen molar-refractivity contribution in [3.8, 4) is 11.5 Å². The molecule has 50 heavy (non-hydrogen) atoms. The second-order valence-corrected chi connectivity index (χ2v) is 13.2. The number of aromatic nitrogens is 5. The molecular weight excluding hydrogens is 655 g/mol. The van der Waals surface area contributed by atoms with Crippen LogP contribution in [-0.2, 0) is 26.2 Å². The first-order valence-corrected chi connectivity index (χ1v) is 16.7. The number of carbonyl (C=O) groups is 3. The van der Waals surface area contributed by atoms with Crippen molar-refractivity contribution in [2.24, 2.45) is 13.0 Å². The molecule has 0 spiro atoms. The van der Waals surface area contributed by atoms with Crippen molar-refractivity contribution in [1.29, 1.82) is 0 Å². The molecule has 1 aromatic carbocycles. The quantitative estimate of drug-likeness (QED) is 0.274. The van der Waals surface area contributed by atoms with Gasteiger partial charge in [-0.05, 0) is 74.9 Å². The summed E-state index contributed by atoms with van der Waals surface area (Å²) in [6, 6.07) is 5.10. The summed E-state index contributed by atoms with van der Waals surface area (Å²) in [4.78, 5) is 48.7. The van der Waals surface area contributed by atoms with Gasteiger partial charge in [0, 0.05) is 51.9 Å².